The normalized spacial score (nSPS) is 20.9. The predicted molar refractivity (Wildman–Crippen MR) is 85.9 cm³/mol. The molecule has 2 N–H and O–H groups in total. The first-order valence-electron chi connectivity index (χ1n) is 7.83. The number of aryl methyl sites for hydroxylation is 1. The molecular formula is C17H29N3. The summed E-state index contributed by atoms with van der Waals surface area (Å²) in [4.78, 5) is 7.05. The maximum absolute atomic E-state index is 5.93. The van der Waals surface area contributed by atoms with Gasteiger partial charge in [-0.05, 0) is 49.1 Å². The van der Waals surface area contributed by atoms with Gasteiger partial charge in [0.1, 0.15) is 5.82 Å². The second kappa shape index (κ2) is 6.13. The molecule has 0 radical (unpaired) electrons. The maximum atomic E-state index is 5.93. The average molecular weight is 275 g/mol. The van der Waals surface area contributed by atoms with E-state index in [0.29, 0.717) is 12.0 Å². The van der Waals surface area contributed by atoms with Crippen LogP contribution in [-0.2, 0) is 6.54 Å². The fourth-order valence-corrected chi connectivity index (χ4v) is 3.27. The zero-order valence-corrected chi connectivity index (χ0v) is 13.4. The van der Waals surface area contributed by atoms with Crippen LogP contribution in [0.5, 0.6) is 0 Å². The molecule has 1 aromatic heterocycles. The van der Waals surface area contributed by atoms with E-state index in [0.717, 1.165) is 24.8 Å². The van der Waals surface area contributed by atoms with Gasteiger partial charge in [0.15, 0.2) is 0 Å². The third-order valence-corrected chi connectivity index (χ3v) is 4.72. The zero-order valence-electron chi connectivity index (χ0n) is 13.4. The van der Waals surface area contributed by atoms with E-state index >= 15 is 0 Å². The van der Waals surface area contributed by atoms with E-state index < -0.39 is 0 Å². The highest BCUT2D eigenvalue weighted by molar-refractivity contribution is 5.50. The van der Waals surface area contributed by atoms with Gasteiger partial charge in [0, 0.05) is 31.4 Å². The van der Waals surface area contributed by atoms with Crippen molar-refractivity contribution in [2.75, 3.05) is 18.0 Å². The Labute approximate surface area is 123 Å². The average Bonchev–Trinajstić information content (AvgIpc) is 2.63. The Morgan fingerprint density at radius 2 is 2.05 bits per heavy atom. The van der Waals surface area contributed by atoms with Crippen LogP contribution in [0.2, 0.25) is 0 Å². The van der Waals surface area contributed by atoms with Crippen molar-refractivity contribution in [2.24, 2.45) is 17.1 Å². The molecule has 0 bridgehead atoms. The third kappa shape index (κ3) is 3.32. The zero-order chi connectivity index (χ0) is 14.8. The summed E-state index contributed by atoms with van der Waals surface area (Å²) in [5.41, 5.74) is 8.80. The van der Waals surface area contributed by atoms with E-state index in [9.17, 15) is 0 Å². The molecule has 0 saturated carbocycles. The van der Waals surface area contributed by atoms with Crippen LogP contribution >= 0.6 is 0 Å². The van der Waals surface area contributed by atoms with Crippen LogP contribution < -0.4 is 10.6 Å². The smallest absolute Gasteiger partial charge is 0.133 e. The predicted octanol–water partition coefficient (Wildman–Crippen LogP) is 3.50. The Bertz CT molecular complexity index is 448. The molecule has 0 aromatic carbocycles. The number of hydrogen-bond acceptors (Lipinski definition) is 3. The molecule has 3 nitrogen and oxygen atoms in total. The minimum atomic E-state index is 0.409. The van der Waals surface area contributed by atoms with Crippen LogP contribution in [-0.4, -0.2) is 18.1 Å². The highest BCUT2D eigenvalue weighted by Crippen LogP contribution is 2.35. The summed E-state index contributed by atoms with van der Waals surface area (Å²) < 4.78 is 0. The van der Waals surface area contributed by atoms with Gasteiger partial charge in [-0.2, -0.15) is 0 Å². The van der Waals surface area contributed by atoms with Crippen LogP contribution in [0.15, 0.2) is 12.3 Å². The van der Waals surface area contributed by atoms with Gasteiger partial charge in [0.2, 0.25) is 0 Å². The molecule has 1 atom stereocenters. The lowest BCUT2D eigenvalue weighted by Crippen LogP contribution is -2.28. The number of rotatable bonds is 2. The molecule has 1 unspecified atom stereocenters. The van der Waals surface area contributed by atoms with Gasteiger partial charge in [0.05, 0.1) is 0 Å². The molecule has 1 fully saturated rings. The molecule has 1 saturated heterocycles. The molecule has 2 heterocycles. The van der Waals surface area contributed by atoms with Gasteiger partial charge in [0.25, 0.3) is 0 Å². The number of hydrogen-bond donors (Lipinski definition) is 1. The molecule has 2 rings (SSSR count). The molecule has 3 heteroatoms. The fourth-order valence-electron chi connectivity index (χ4n) is 3.27. The van der Waals surface area contributed by atoms with Crippen molar-refractivity contribution in [2.45, 2.75) is 53.5 Å². The standard InChI is InChI=1S/C17H29N3/c1-13-7-9-19-16(15(13)12-18)20-10-5-6-14(8-11-20)17(2,3)4/h7,9,14H,5-6,8,10-12,18H2,1-4H3. The Morgan fingerprint density at radius 3 is 2.70 bits per heavy atom. The topological polar surface area (TPSA) is 42.2 Å². The van der Waals surface area contributed by atoms with E-state index in [1.54, 1.807) is 0 Å². The summed E-state index contributed by atoms with van der Waals surface area (Å²) in [5.74, 6) is 1.92. The van der Waals surface area contributed by atoms with Crippen molar-refractivity contribution in [3.05, 3.63) is 23.4 Å². The van der Waals surface area contributed by atoms with Gasteiger partial charge in [-0.3, -0.25) is 0 Å². The van der Waals surface area contributed by atoms with E-state index in [-0.39, 0.29) is 0 Å². The summed E-state index contributed by atoms with van der Waals surface area (Å²) in [7, 11) is 0. The van der Waals surface area contributed by atoms with Gasteiger partial charge in [-0.25, -0.2) is 4.98 Å². The van der Waals surface area contributed by atoms with E-state index in [1.165, 1.54) is 30.4 Å². The first-order chi connectivity index (χ1) is 9.43. The summed E-state index contributed by atoms with van der Waals surface area (Å²) >= 11 is 0. The highest BCUT2D eigenvalue weighted by atomic mass is 15.2. The van der Waals surface area contributed by atoms with Crippen molar-refractivity contribution >= 4 is 5.82 Å². The molecule has 1 aromatic rings. The minimum Gasteiger partial charge on any atom is -0.356 e. The SMILES string of the molecule is Cc1ccnc(N2CCCC(C(C)(C)C)CC2)c1CN. The second-order valence-corrected chi connectivity index (χ2v) is 7.12. The lowest BCUT2D eigenvalue weighted by molar-refractivity contribution is 0.220. The van der Waals surface area contributed by atoms with Gasteiger partial charge in [-0.1, -0.05) is 20.8 Å². The Hall–Kier alpha value is -1.09. The van der Waals surface area contributed by atoms with Crippen molar-refractivity contribution < 1.29 is 0 Å². The summed E-state index contributed by atoms with van der Waals surface area (Å²) in [6, 6.07) is 2.06. The van der Waals surface area contributed by atoms with Crippen molar-refractivity contribution in [3.8, 4) is 0 Å². The quantitative estimate of drug-likeness (QED) is 0.898. The highest BCUT2D eigenvalue weighted by Gasteiger charge is 2.27. The Kier molecular flexibility index (Phi) is 4.69. The fraction of sp³-hybridized carbons (Fsp3) is 0.706. The number of nitrogens with two attached hydrogens (primary N) is 1. The number of aromatic nitrogens is 1. The van der Waals surface area contributed by atoms with Crippen LogP contribution in [0, 0.1) is 18.3 Å². The van der Waals surface area contributed by atoms with Crippen LogP contribution in [0.3, 0.4) is 0 Å². The summed E-state index contributed by atoms with van der Waals surface area (Å²) in [5, 5.41) is 0. The lowest BCUT2D eigenvalue weighted by Gasteiger charge is -2.30. The Balaban J connectivity index is 2.17. The van der Waals surface area contributed by atoms with E-state index in [1.807, 2.05) is 6.20 Å². The molecule has 20 heavy (non-hydrogen) atoms. The molecule has 112 valence electrons. The molecule has 0 amide bonds. The first kappa shape index (κ1) is 15.3. The Morgan fingerprint density at radius 1 is 1.30 bits per heavy atom. The minimum absolute atomic E-state index is 0.409. The lowest BCUT2D eigenvalue weighted by atomic mass is 9.77. The number of nitrogens with zero attached hydrogens (tertiary/aromatic N) is 2. The largest absolute Gasteiger partial charge is 0.356 e. The van der Waals surface area contributed by atoms with Gasteiger partial charge < -0.3 is 10.6 Å². The molecule has 0 aliphatic carbocycles. The monoisotopic (exact) mass is 275 g/mol. The van der Waals surface area contributed by atoms with Crippen molar-refractivity contribution in [1.82, 2.24) is 4.98 Å². The van der Waals surface area contributed by atoms with Crippen molar-refractivity contribution in [1.29, 1.82) is 0 Å². The van der Waals surface area contributed by atoms with E-state index in [2.05, 4.69) is 43.6 Å². The van der Waals surface area contributed by atoms with Crippen LogP contribution in [0.4, 0.5) is 5.82 Å². The van der Waals surface area contributed by atoms with E-state index in [4.69, 9.17) is 5.73 Å². The molecule has 1 aliphatic heterocycles. The second-order valence-electron chi connectivity index (χ2n) is 7.12. The molecule has 0 spiro atoms. The molecular weight excluding hydrogens is 246 g/mol. The first-order valence-corrected chi connectivity index (χ1v) is 7.83. The summed E-state index contributed by atoms with van der Waals surface area (Å²) in [6.45, 7) is 12.0. The number of anilines is 1. The molecule has 1 aliphatic rings. The maximum Gasteiger partial charge on any atom is 0.133 e. The van der Waals surface area contributed by atoms with Crippen LogP contribution in [0.25, 0.3) is 0 Å². The summed E-state index contributed by atoms with van der Waals surface area (Å²) in [6.07, 6.45) is 5.74. The third-order valence-electron chi connectivity index (χ3n) is 4.72. The van der Waals surface area contributed by atoms with Gasteiger partial charge in [-0.15, -0.1) is 0 Å². The van der Waals surface area contributed by atoms with Crippen molar-refractivity contribution in [3.63, 3.8) is 0 Å². The van der Waals surface area contributed by atoms with Gasteiger partial charge >= 0.3 is 0 Å². The van der Waals surface area contributed by atoms with Crippen LogP contribution in [0.1, 0.15) is 51.2 Å². The number of pyridine rings is 1.